The highest BCUT2D eigenvalue weighted by Gasteiger charge is 2.22. The molecule has 3 heteroatoms. The topological polar surface area (TPSA) is 38.3 Å². The van der Waals surface area contributed by atoms with Crippen molar-refractivity contribution in [1.82, 2.24) is 5.32 Å². The minimum Gasteiger partial charge on any atom is -0.376 e. The summed E-state index contributed by atoms with van der Waals surface area (Å²) in [6, 6.07) is 0. The summed E-state index contributed by atoms with van der Waals surface area (Å²) in [5, 5.41) is 3.24. The number of piperidine rings is 1. The number of rotatable bonds is 3. The summed E-state index contributed by atoms with van der Waals surface area (Å²) >= 11 is 0. The molecule has 0 radical (unpaired) electrons. The summed E-state index contributed by atoms with van der Waals surface area (Å²) in [7, 11) is 0. The van der Waals surface area contributed by atoms with Crippen LogP contribution in [0.3, 0.4) is 0 Å². The molecule has 0 amide bonds. The quantitative estimate of drug-likeness (QED) is 0.746. The van der Waals surface area contributed by atoms with Crippen LogP contribution in [0.4, 0.5) is 0 Å². The molecular formula is C11H21NO2. The van der Waals surface area contributed by atoms with Crippen LogP contribution in [0.5, 0.6) is 0 Å². The molecule has 0 aromatic carbocycles. The predicted octanol–water partition coefficient (Wildman–Crippen LogP) is 1.37. The average Bonchev–Trinajstić information content (AvgIpc) is 2.06. The maximum Gasteiger partial charge on any atom is 0.138 e. The Hall–Kier alpha value is -0.410. The smallest absolute Gasteiger partial charge is 0.138 e. The van der Waals surface area contributed by atoms with Crippen molar-refractivity contribution < 1.29 is 9.53 Å². The molecule has 1 atom stereocenters. The fourth-order valence-corrected chi connectivity index (χ4v) is 1.58. The van der Waals surface area contributed by atoms with Crippen molar-refractivity contribution in [3.05, 3.63) is 0 Å². The van der Waals surface area contributed by atoms with E-state index in [0.717, 1.165) is 19.5 Å². The van der Waals surface area contributed by atoms with Crippen molar-refractivity contribution in [1.29, 1.82) is 0 Å². The Morgan fingerprint density at radius 2 is 2.21 bits per heavy atom. The molecule has 1 fully saturated rings. The van der Waals surface area contributed by atoms with Crippen LogP contribution in [0.2, 0.25) is 0 Å². The standard InChI is InChI=1S/C11H21NO2/c1-11(2,3)14-7-5-9-8-12-6-4-10(9)13/h9,12H,4-8H2,1-3H3. The second kappa shape index (κ2) is 4.89. The van der Waals surface area contributed by atoms with E-state index in [4.69, 9.17) is 4.74 Å². The first-order valence-electron chi connectivity index (χ1n) is 5.36. The van der Waals surface area contributed by atoms with E-state index in [2.05, 4.69) is 5.32 Å². The zero-order valence-electron chi connectivity index (χ0n) is 9.43. The van der Waals surface area contributed by atoms with Crippen LogP contribution >= 0.6 is 0 Å². The van der Waals surface area contributed by atoms with Crippen LogP contribution in [0.1, 0.15) is 33.6 Å². The van der Waals surface area contributed by atoms with Crippen LogP contribution in [0.25, 0.3) is 0 Å². The molecule has 1 aliphatic heterocycles. The summed E-state index contributed by atoms with van der Waals surface area (Å²) in [6.45, 7) is 8.46. The van der Waals surface area contributed by atoms with Crippen molar-refractivity contribution in [2.75, 3.05) is 19.7 Å². The van der Waals surface area contributed by atoms with Crippen molar-refractivity contribution in [2.45, 2.75) is 39.2 Å². The molecule has 14 heavy (non-hydrogen) atoms. The molecule has 1 saturated heterocycles. The van der Waals surface area contributed by atoms with Gasteiger partial charge in [0.05, 0.1) is 5.60 Å². The van der Waals surface area contributed by atoms with Gasteiger partial charge in [0.1, 0.15) is 5.78 Å². The lowest BCUT2D eigenvalue weighted by Gasteiger charge is -2.24. The Labute approximate surface area is 86.2 Å². The molecule has 3 nitrogen and oxygen atoms in total. The van der Waals surface area contributed by atoms with E-state index >= 15 is 0 Å². The van der Waals surface area contributed by atoms with Gasteiger partial charge in [-0.1, -0.05) is 0 Å². The molecule has 0 spiro atoms. The SMILES string of the molecule is CC(C)(C)OCCC1CNCCC1=O. The van der Waals surface area contributed by atoms with E-state index in [1.807, 2.05) is 20.8 Å². The molecule has 0 saturated carbocycles. The number of ketones is 1. The first-order chi connectivity index (χ1) is 6.49. The number of Topliss-reactive ketones (excluding diaryl/α,β-unsaturated/α-hetero) is 1. The molecule has 0 aromatic heterocycles. The lowest BCUT2D eigenvalue weighted by Crippen LogP contribution is -2.37. The van der Waals surface area contributed by atoms with E-state index in [1.54, 1.807) is 0 Å². The molecule has 0 aromatic rings. The summed E-state index contributed by atoms with van der Waals surface area (Å²) in [5.41, 5.74) is -0.0921. The number of carbonyl (C=O) groups excluding carboxylic acids is 1. The Kier molecular flexibility index (Phi) is 4.08. The Morgan fingerprint density at radius 1 is 1.50 bits per heavy atom. The lowest BCUT2D eigenvalue weighted by molar-refractivity contribution is -0.125. The van der Waals surface area contributed by atoms with Crippen LogP contribution in [0, 0.1) is 5.92 Å². The zero-order chi connectivity index (χ0) is 10.6. The van der Waals surface area contributed by atoms with Crippen LogP contribution in [-0.4, -0.2) is 31.1 Å². The van der Waals surface area contributed by atoms with Gasteiger partial charge in [-0.25, -0.2) is 0 Å². The number of hydrogen-bond acceptors (Lipinski definition) is 3. The lowest BCUT2D eigenvalue weighted by atomic mass is 9.95. The van der Waals surface area contributed by atoms with Gasteiger partial charge < -0.3 is 10.1 Å². The van der Waals surface area contributed by atoms with Crippen LogP contribution in [-0.2, 0) is 9.53 Å². The van der Waals surface area contributed by atoms with Crippen LogP contribution in [0.15, 0.2) is 0 Å². The molecule has 1 unspecified atom stereocenters. The Balaban J connectivity index is 2.20. The third-order valence-corrected chi connectivity index (χ3v) is 2.40. The first-order valence-corrected chi connectivity index (χ1v) is 5.36. The molecule has 1 heterocycles. The number of ether oxygens (including phenoxy) is 1. The average molecular weight is 199 g/mol. The highest BCUT2D eigenvalue weighted by atomic mass is 16.5. The minimum atomic E-state index is -0.0921. The normalized spacial score (nSPS) is 23.9. The third-order valence-electron chi connectivity index (χ3n) is 2.40. The van der Waals surface area contributed by atoms with E-state index in [9.17, 15) is 4.79 Å². The monoisotopic (exact) mass is 199 g/mol. The van der Waals surface area contributed by atoms with Gasteiger partial charge >= 0.3 is 0 Å². The molecule has 1 rings (SSSR count). The van der Waals surface area contributed by atoms with Gasteiger partial charge in [-0.15, -0.1) is 0 Å². The fourth-order valence-electron chi connectivity index (χ4n) is 1.58. The van der Waals surface area contributed by atoms with E-state index in [1.165, 1.54) is 0 Å². The Morgan fingerprint density at radius 3 is 2.79 bits per heavy atom. The maximum atomic E-state index is 11.5. The molecule has 82 valence electrons. The van der Waals surface area contributed by atoms with Crippen molar-refractivity contribution in [3.8, 4) is 0 Å². The van der Waals surface area contributed by atoms with Gasteiger partial charge in [-0.2, -0.15) is 0 Å². The first kappa shape index (κ1) is 11.7. The third kappa shape index (κ3) is 4.20. The summed E-state index contributed by atoms with van der Waals surface area (Å²) in [5.74, 6) is 0.562. The van der Waals surface area contributed by atoms with Gasteiger partial charge in [-0.3, -0.25) is 4.79 Å². The number of nitrogens with one attached hydrogen (secondary N) is 1. The zero-order valence-corrected chi connectivity index (χ0v) is 9.43. The molecular weight excluding hydrogens is 178 g/mol. The fraction of sp³-hybridized carbons (Fsp3) is 0.909. The maximum absolute atomic E-state index is 11.5. The minimum absolute atomic E-state index is 0.0921. The summed E-state index contributed by atoms with van der Waals surface area (Å²) in [6.07, 6.45) is 1.53. The van der Waals surface area contributed by atoms with E-state index in [0.29, 0.717) is 18.8 Å². The highest BCUT2D eigenvalue weighted by Crippen LogP contribution is 2.13. The van der Waals surface area contributed by atoms with Gasteiger partial charge in [0.25, 0.3) is 0 Å². The Bertz CT molecular complexity index is 196. The largest absolute Gasteiger partial charge is 0.376 e. The molecule has 0 bridgehead atoms. The van der Waals surface area contributed by atoms with Crippen molar-refractivity contribution in [3.63, 3.8) is 0 Å². The van der Waals surface area contributed by atoms with Gasteiger partial charge in [0.2, 0.25) is 0 Å². The van der Waals surface area contributed by atoms with Gasteiger partial charge in [-0.05, 0) is 27.2 Å². The van der Waals surface area contributed by atoms with E-state index < -0.39 is 0 Å². The highest BCUT2D eigenvalue weighted by molar-refractivity contribution is 5.82. The van der Waals surface area contributed by atoms with E-state index in [-0.39, 0.29) is 11.5 Å². The molecule has 0 aliphatic carbocycles. The van der Waals surface area contributed by atoms with Crippen molar-refractivity contribution >= 4 is 5.78 Å². The second-order valence-corrected chi connectivity index (χ2v) is 4.87. The number of carbonyl (C=O) groups is 1. The summed E-state index contributed by atoms with van der Waals surface area (Å²) < 4.78 is 5.60. The molecule has 1 N–H and O–H groups in total. The van der Waals surface area contributed by atoms with Crippen molar-refractivity contribution in [2.24, 2.45) is 5.92 Å². The van der Waals surface area contributed by atoms with Gasteiger partial charge in [0.15, 0.2) is 0 Å². The summed E-state index contributed by atoms with van der Waals surface area (Å²) in [4.78, 5) is 11.5. The van der Waals surface area contributed by atoms with Crippen LogP contribution < -0.4 is 5.32 Å². The molecule has 1 aliphatic rings. The second-order valence-electron chi connectivity index (χ2n) is 4.87. The predicted molar refractivity (Wildman–Crippen MR) is 56.3 cm³/mol. The van der Waals surface area contributed by atoms with Gasteiger partial charge in [0, 0.05) is 32.0 Å². The number of hydrogen-bond donors (Lipinski definition) is 1.